The van der Waals surface area contributed by atoms with Gasteiger partial charge in [0.2, 0.25) is 0 Å². The first-order valence-corrected chi connectivity index (χ1v) is 3.21. The van der Waals surface area contributed by atoms with Gasteiger partial charge < -0.3 is 4.57 Å². The van der Waals surface area contributed by atoms with Gasteiger partial charge in [-0.2, -0.15) is 5.10 Å². The molecule has 11 heavy (non-hydrogen) atoms. The Labute approximate surface area is 63.1 Å². The summed E-state index contributed by atoms with van der Waals surface area (Å²) in [6.07, 6.45) is 3.33. The zero-order valence-corrected chi connectivity index (χ0v) is 6.02. The minimum absolute atomic E-state index is 0.794. The van der Waals surface area contributed by atoms with Gasteiger partial charge in [-0.15, -0.1) is 10.2 Å². The molecule has 2 heterocycles. The van der Waals surface area contributed by atoms with Gasteiger partial charge in [-0.1, -0.05) is 0 Å². The van der Waals surface area contributed by atoms with Crippen molar-refractivity contribution in [3.8, 4) is 11.5 Å². The highest BCUT2D eigenvalue weighted by Gasteiger charge is 2.03. The maximum Gasteiger partial charge on any atom is 0.181 e. The van der Waals surface area contributed by atoms with Crippen LogP contribution in [0.25, 0.3) is 11.5 Å². The molecule has 0 aliphatic rings. The van der Waals surface area contributed by atoms with Crippen molar-refractivity contribution in [2.24, 2.45) is 7.05 Å². The molecule has 5 heteroatoms. The van der Waals surface area contributed by atoms with Crippen LogP contribution in [0.4, 0.5) is 0 Å². The van der Waals surface area contributed by atoms with Gasteiger partial charge in [0, 0.05) is 13.2 Å². The number of aryl methyl sites for hydroxylation is 1. The van der Waals surface area contributed by atoms with Gasteiger partial charge in [0.15, 0.2) is 5.82 Å². The van der Waals surface area contributed by atoms with Gasteiger partial charge in [-0.3, -0.25) is 5.10 Å². The zero-order valence-electron chi connectivity index (χ0n) is 6.02. The molecule has 0 saturated heterocycles. The summed E-state index contributed by atoms with van der Waals surface area (Å²) in [5.41, 5.74) is 0.880. The van der Waals surface area contributed by atoms with E-state index in [4.69, 9.17) is 0 Å². The fourth-order valence-corrected chi connectivity index (χ4v) is 0.907. The standard InChI is InChI=1S/C6H7N5/c1-11-4-8-10-6(11)5-2-3-7-9-5/h2-4H,1H3,(H,7,9). The molecule has 0 atom stereocenters. The molecule has 5 nitrogen and oxygen atoms in total. The highest BCUT2D eigenvalue weighted by Crippen LogP contribution is 2.09. The maximum atomic E-state index is 3.90. The molecule has 0 aliphatic carbocycles. The second-order valence-corrected chi connectivity index (χ2v) is 2.24. The molecule has 0 amide bonds. The third-order valence-corrected chi connectivity index (χ3v) is 1.45. The molecule has 0 fully saturated rings. The van der Waals surface area contributed by atoms with Crippen LogP contribution in [0.15, 0.2) is 18.6 Å². The van der Waals surface area contributed by atoms with Gasteiger partial charge in [-0.25, -0.2) is 0 Å². The lowest BCUT2D eigenvalue weighted by Crippen LogP contribution is -1.90. The first kappa shape index (κ1) is 6.09. The summed E-state index contributed by atoms with van der Waals surface area (Å²) in [4.78, 5) is 0. The van der Waals surface area contributed by atoms with Gasteiger partial charge >= 0.3 is 0 Å². The molecule has 0 spiro atoms. The van der Waals surface area contributed by atoms with E-state index in [1.54, 1.807) is 12.5 Å². The lowest BCUT2D eigenvalue weighted by Gasteiger charge is -1.93. The summed E-state index contributed by atoms with van der Waals surface area (Å²) < 4.78 is 1.83. The zero-order chi connectivity index (χ0) is 7.68. The molecular formula is C6H7N5. The summed E-state index contributed by atoms with van der Waals surface area (Å²) in [5, 5.41) is 14.3. The third kappa shape index (κ3) is 0.899. The normalized spacial score (nSPS) is 10.3. The summed E-state index contributed by atoms with van der Waals surface area (Å²) >= 11 is 0. The molecule has 0 aromatic carbocycles. The number of hydrogen-bond acceptors (Lipinski definition) is 3. The minimum atomic E-state index is 0.794. The fourth-order valence-electron chi connectivity index (χ4n) is 0.907. The molecule has 2 aromatic rings. The van der Waals surface area contributed by atoms with Crippen molar-refractivity contribution in [3.05, 3.63) is 18.6 Å². The number of rotatable bonds is 1. The van der Waals surface area contributed by atoms with Crippen LogP contribution in [-0.2, 0) is 7.05 Å². The van der Waals surface area contributed by atoms with Gasteiger partial charge in [0.1, 0.15) is 12.0 Å². The molecular weight excluding hydrogens is 142 g/mol. The van der Waals surface area contributed by atoms with E-state index in [-0.39, 0.29) is 0 Å². The molecule has 0 bridgehead atoms. The Morgan fingerprint density at radius 1 is 1.55 bits per heavy atom. The molecule has 56 valence electrons. The minimum Gasteiger partial charge on any atom is -0.315 e. The molecule has 0 unspecified atom stereocenters. The van der Waals surface area contributed by atoms with E-state index in [1.807, 2.05) is 17.7 Å². The van der Waals surface area contributed by atoms with Crippen LogP contribution in [0.2, 0.25) is 0 Å². The molecule has 0 aliphatic heterocycles. The van der Waals surface area contributed by atoms with E-state index < -0.39 is 0 Å². The van der Waals surface area contributed by atoms with Gasteiger partial charge in [0.25, 0.3) is 0 Å². The number of nitrogens with zero attached hydrogens (tertiary/aromatic N) is 4. The van der Waals surface area contributed by atoms with Crippen LogP contribution >= 0.6 is 0 Å². The number of nitrogens with one attached hydrogen (secondary N) is 1. The third-order valence-electron chi connectivity index (χ3n) is 1.45. The smallest absolute Gasteiger partial charge is 0.181 e. The molecule has 2 rings (SSSR count). The van der Waals surface area contributed by atoms with Crippen molar-refractivity contribution in [3.63, 3.8) is 0 Å². The van der Waals surface area contributed by atoms with Crippen molar-refractivity contribution in [1.82, 2.24) is 25.0 Å². The average molecular weight is 149 g/mol. The molecule has 1 N–H and O–H groups in total. The van der Waals surface area contributed by atoms with Crippen LogP contribution in [0.1, 0.15) is 0 Å². The lowest BCUT2D eigenvalue weighted by molar-refractivity contribution is 0.910. The first-order valence-electron chi connectivity index (χ1n) is 3.21. The van der Waals surface area contributed by atoms with E-state index in [1.165, 1.54) is 0 Å². The summed E-state index contributed by atoms with van der Waals surface area (Å²) in [5.74, 6) is 0.794. The second kappa shape index (κ2) is 2.19. The summed E-state index contributed by atoms with van der Waals surface area (Å²) in [6.45, 7) is 0. The Morgan fingerprint density at radius 3 is 3.00 bits per heavy atom. The Hall–Kier alpha value is -1.65. The van der Waals surface area contributed by atoms with E-state index in [9.17, 15) is 0 Å². The maximum absolute atomic E-state index is 3.90. The van der Waals surface area contributed by atoms with Crippen LogP contribution < -0.4 is 0 Å². The fraction of sp³-hybridized carbons (Fsp3) is 0.167. The van der Waals surface area contributed by atoms with Crippen LogP contribution in [0, 0.1) is 0 Å². The monoisotopic (exact) mass is 149 g/mol. The molecule has 0 saturated carbocycles. The van der Waals surface area contributed by atoms with E-state index in [0.29, 0.717) is 0 Å². The van der Waals surface area contributed by atoms with E-state index in [2.05, 4.69) is 20.4 Å². The van der Waals surface area contributed by atoms with Crippen molar-refractivity contribution >= 4 is 0 Å². The van der Waals surface area contributed by atoms with Crippen LogP contribution in [-0.4, -0.2) is 25.0 Å². The predicted octanol–water partition coefficient (Wildman–Crippen LogP) is 0.205. The average Bonchev–Trinajstić information content (AvgIpc) is 2.55. The number of aromatic nitrogens is 5. The van der Waals surface area contributed by atoms with E-state index >= 15 is 0 Å². The second-order valence-electron chi connectivity index (χ2n) is 2.24. The van der Waals surface area contributed by atoms with Crippen LogP contribution in [0.3, 0.4) is 0 Å². The Bertz CT molecular complexity index is 333. The highest BCUT2D eigenvalue weighted by molar-refractivity contribution is 5.47. The lowest BCUT2D eigenvalue weighted by atomic mass is 10.4. The number of aromatic amines is 1. The predicted molar refractivity (Wildman–Crippen MR) is 38.6 cm³/mol. The SMILES string of the molecule is Cn1cnnc1-c1ccn[nH]1. The topological polar surface area (TPSA) is 59.4 Å². The largest absolute Gasteiger partial charge is 0.315 e. The molecule has 0 radical (unpaired) electrons. The van der Waals surface area contributed by atoms with Crippen molar-refractivity contribution in [1.29, 1.82) is 0 Å². The Balaban J connectivity index is 2.53. The summed E-state index contributed by atoms with van der Waals surface area (Å²) in [6, 6.07) is 1.85. The number of hydrogen-bond donors (Lipinski definition) is 1. The Morgan fingerprint density at radius 2 is 2.45 bits per heavy atom. The van der Waals surface area contributed by atoms with Gasteiger partial charge in [-0.05, 0) is 6.07 Å². The van der Waals surface area contributed by atoms with Crippen molar-refractivity contribution in [2.75, 3.05) is 0 Å². The number of H-pyrrole nitrogens is 1. The summed E-state index contributed by atoms with van der Waals surface area (Å²) in [7, 11) is 1.89. The highest BCUT2D eigenvalue weighted by atomic mass is 15.3. The van der Waals surface area contributed by atoms with Crippen molar-refractivity contribution in [2.45, 2.75) is 0 Å². The Kier molecular flexibility index (Phi) is 1.21. The van der Waals surface area contributed by atoms with Crippen molar-refractivity contribution < 1.29 is 0 Å². The quantitative estimate of drug-likeness (QED) is 0.630. The van der Waals surface area contributed by atoms with Crippen LogP contribution in [0.5, 0.6) is 0 Å². The molecule has 2 aromatic heterocycles. The van der Waals surface area contributed by atoms with Gasteiger partial charge in [0.05, 0.1) is 0 Å². The first-order chi connectivity index (χ1) is 5.38. The van der Waals surface area contributed by atoms with E-state index in [0.717, 1.165) is 11.5 Å².